The summed E-state index contributed by atoms with van der Waals surface area (Å²) in [7, 11) is 0. The number of carboxylic acid groups (broad SMARTS) is 1. The molecule has 1 aliphatic rings. The molecule has 2 aromatic carbocycles. The first-order valence-electron chi connectivity index (χ1n) is 9.91. The fourth-order valence-electron chi connectivity index (χ4n) is 3.56. The second kappa shape index (κ2) is 8.35. The molecular weight excluding hydrogens is 410 g/mol. The Hall–Kier alpha value is -4.46. The van der Waals surface area contributed by atoms with Gasteiger partial charge < -0.3 is 9.67 Å². The molecule has 1 aliphatic heterocycles. The number of carbonyl (C=O) groups excluding carboxylic acids is 3. The molecule has 0 aliphatic carbocycles. The Morgan fingerprint density at radius 3 is 2.41 bits per heavy atom. The third-order valence-corrected chi connectivity index (χ3v) is 5.18. The molecule has 2 heterocycles. The standard InChI is InChI=1S/C24H19N3O5/c1-2-15-6-3-4-8-20(15)27-22(29)19(21(28)25-24(27)32)14-18-7-5-13-26(18)17-11-9-16(10-12-17)23(30)31/h3-14H,2H2,1H3,(H,30,31)(H,25,28,32). The van der Waals surface area contributed by atoms with Crippen LogP contribution in [0.2, 0.25) is 0 Å². The first-order chi connectivity index (χ1) is 15.4. The van der Waals surface area contributed by atoms with Crippen molar-refractivity contribution in [3.05, 3.63) is 89.3 Å². The number of imide groups is 2. The van der Waals surface area contributed by atoms with Crippen molar-refractivity contribution in [2.45, 2.75) is 13.3 Å². The van der Waals surface area contributed by atoms with Gasteiger partial charge in [0.2, 0.25) is 0 Å². The van der Waals surface area contributed by atoms with Crippen molar-refractivity contribution in [3.8, 4) is 5.69 Å². The van der Waals surface area contributed by atoms with E-state index in [0.29, 0.717) is 23.5 Å². The van der Waals surface area contributed by atoms with E-state index in [4.69, 9.17) is 5.11 Å². The molecule has 0 spiro atoms. The number of carbonyl (C=O) groups is 4. The zero-order valence-electron chi connectivity index (χ0n) is 17.1. The molecule has 3 aromatic rings. The number of amides is 4. The van der Waals surface area contributed by atoms with Crippen LogP contribution in [0.3, 0.4) is 0 Å². The van der Waals surface area contributed by atoms with Crippen LogP contribution in [0.1, 0.15) is 28.5 Å². The maximum atomic E-state index is 13.2. The molecule has 2 N–H and O–H groups in total. The Morgan fingerprint density at radius 1 is 1.00 bits per heavy atom. The van der Waals surface area contributed by atoms with Crippen molar-refractivity contribution in [2.75, 3.05) is 4.90 Å². The predicted octanol–water partition coefficient (Wildman–Crippen LogP) is 3.40. The number of rotatable bonds is 5. The summed E-state index contributed by atoms with van der Waals surface area (Å²) < 4.78 is 1.71. The summed E-state index contributed by atoms with van der Waals surface area (Å²) in [4.78, 5) is 50.3. The number of aromatic carboxylic acids is 1. The highest BCUT2D eigenvalue weighted by Gasteiger charge is 2.37. The van der Waals surface area contributed by atoms with Crippen molar-refractivity contribution in [1.29, 1.82) is 0 Å². The summed E-state index contributed by atoms with van der Waals surface area (Å²) in [5.74, 6) is -2.53. The van der Waals surface area contributed by atoms with Crippen LogP contribution in [0, 0.1) is 0 Å². The lowest BCUT2D eigenvalue weighted by atomic mass is 10.1. The van der Waals surface area contributed by atoms with E-state index in [1.165, 1.54) is 18.2 Å². The van der Waals surface area contributed by atoms with Gasteiger partial charge in [0.05, 0.1) is 11.3 Å². The molecule has 8 nitrogen and oxygen atoms in total. The summed E-state index contributed by atoms with van der Waals surface area (Å²) >= 11 is 0. The topological polar surface area (TPSA) is 109 Å². The number of aryl methyl sites for hydroxylation is 1. The zero-order chi connectivity index (χ0) is 22.8. The Morgan fingerprint density at radius 2 is 1.72 bits per heavy atom. The van der Waals surface area contributed by atoms with E-state index < -0.39 is 23.8 Å². The largest absolute Gasteiger partial charge is 0.478 e. The van der Waals surface area contributed by atoms with Crippen molar-refractivity contribution in [2.24, 2.45) is 0 Å². The second-order valence-corrected chi connectivity index (χ2v) is 7.10. The van der Waals surface area contributed by atoms with Crippen molar-refractivity contribution in [1.82, 2.24) is 9.88 Å². The van der Waals surface area contributed by atoms with Crippen molar-refractivity contribution >= 4 is 35.6 Å². The number of barbiturate groups is 1. The number of nitrogens with one attached hydrogen (secondary N) is 1. The summed E-state index contributed by atoms with van der Waals surface area (Å²) in [5.41, 5.74) is 2.36. The first kappa shape index (κ1) is 20.8. The number of carboxylic acids is 1. The lowest BCUT2D eigenvalue weighted by Crippen LogP contribution is -2.54. The quantitative estimate of drug-likeness (QED) is 0.477. The molecule has 1 saturated heterocycles. The number of hydrogen-bond acceptors (Lipinski definition) is 4. The van der Waals surface area contributed by atoms with Gasteiger partial charge in [0.25, 0.3) is 11.8 Å². The number of para-hydroxylation sites is 1. The van der Waals surface area contributed by atoms with Crippen LogP contribution in [0.15, 0.2) is 72.4 Å². The third kappa shape index (κ3) is 3.69. The Labute approximate surface area is 183 Å². The highest BCUT2D eigenvalue weighted by Crippen LogP contribution is 2.26. The zero-order valence-corrected chi connectivity index (χ0v) is 17.1. The Bertz CT molecular complexity index is 1270. The summed E-state index contributed by atoms with van der Waals surface area (Å²) in [6.45, 7) is 1.91. The average molecular weight is 429 g/mol. The molecule has 1 fully saturated rings. The van der Waals surface area contributed by atoms with Gasteiger partial charge in [-0.15, -0.1) is 0 Å². The van der Waals surface area contributed by atoms with E-state index in [1.807, 2.05) is 19.1 Å². The number of anilines is 1. The van der Waals surface area contributed by atoms with Gasteiger partial charge in [0.1, 0.15) is 5.57 Å². The SMILES string of the molecule is CCc1ccccc1N1C(=O)NC(=O)C(=Cc2cccn2-c2ccc(C(=O)O)cc2)C1=O. The molecule has 0 unspecified atom stereocenters. The molecule has 0 radical (unpaired) electrons. The minimum Gasteiger partial charge on any atom is -0.478 e. The van der Waals surface area contributed by atoms with E-state index in [9.17, 15) is 19.2 Å². The number of nitrogens with zero attached hydrogens (tertiary/aromatic N) is 2. The second-order valence-electron chi connectivity index (χ2n) is 7.10. The summed E-state index contributed by atoms with van der Waals surface area (Å²) in [6.07, 6.45) is 3.74. The van der Waals surface area contributed by atoms with Crippen LogP contribution in [-0.2, 0) is 16.0 Å². The van der Waals surface area contributed by atoms with E-state index in [1.54, 1.807) is 47.2 Å². The highest BCUT2D eigenvalue weighted by atomic mass is 16.4. The van der Waals surface area contributed by atoms with Crippen molar-refractivity contribution in [3.63, 3.8) is 0 Å². The monoisotopic (exact) mass is 429 g/mol. The molecule has 32 heavy (non-hydrogen) atoms. The molecule has 160 valence electrons. The van der Waals surface area contributed by atoms with Crippen molar-refractivity contribution < 1.29 is 24.3 Å². The van der Waals surface area contributed by atoms with Crippen LogP contribution < -0.4 is 10.2 Å². The molecule has 0 saturated carbocycles. The number of hydrogen-bond donors (Lipinski definition) is 2. The van der Waals surface area contributed by atoms with Crippen LogP contribution >= 0.6 is 0 Å². The molecule has 0 bridgehead atoms. The maximum Gasteiger partial charge on any atom is 0.335 e. The Balaban J connectivity index is 1.74. The lowest BCUT2D eigenvalue weighted by Gasteiger charge is -2.28. The molecule has 8 heteroatoms. The predicted molar refractivity (Wildman–Crippen MR) is 118 cm³/mol. The van der Waals surface area contributed by atoms with Gasteiger partial charge in [0, 0.05) is 17.6 Å². The third-order valence-electron chi connectivity index (χ3n) is 5.18. The van der Waals surface area contributed by atoms with Gasteiger partial charge in [0.15, 0.2) is 0 Å². The highest BCUT2D eigenvalue weighted by molar-refractivity contribution is 6.39. The Kier molecular flexibility index (Phi) is 5.43. The lowest BCUT2D eigenvalue weighted by molar-refractivity contribution is -0.122. The van der Waals surface area contributed by atoms with Crippen LogP contribution in [-0.4, -0.2) is 33.5 Å². The normalized spacial score (nSPS) is 15.2. The molecule has 1 aromatic heterocycles. The van der Waals surface area contributed by atoms with Gasteiger partial charge >= 0.3 is 12.0 Å². The van der Waals surface area contributed by atoms with Gasteiger partial charge in [-0.05, 0) is 60.5 Å². The van der Waals surface area contributed by atoms with E-state index in [2.05, 4.69) is 5.32 Å². The summed E-state index contributed by atoms with van der Waals surface area (Å²) in [6, 6.07) is 15.9. The number of urea groups is 1. The minimum atomic E-state index is -1.03. The van der Waals surface area contributed by atoms with Crippen LogP contribution in [0.5, 0.6) is 0 Å². The van der Waals surface area contributed by atoms with E-state index >= 15 is 0 Å². The smallest absolute Gasteiger partial charge is 0.335 e. The summed E-state index contributed by atoms with van der Waals surface area (Å²) in [5, 5.41) is 11.3. The van der Waals surface area contributed by atoms with E-state index in [0.717, 1.165) is 10.5 Å². The van der Waals surface area contributed by atoms with Gasteiger partial charge in [-0.1, -0.05) is 25.1 Å². The molecule has 0 atom stereocenters. The molecule has 4 rings (SSSR count). The molecule has 4 amide bonds. The van der Waals surface area contributed by atoms with Gasteiger partial charge in [-0.3, -0.25) is 14.9 Å². The maximum absolute atomic E-state index is 13.2. The minimum absolute atomic E-state index is 0.145. The van der Waals surface area contributed by atoms with E-state index in [-0.39, 0.29) is 11.1 Å². The number of benzene rings is 2. The number of aromatic nitrogens is 1. The first-order valence-corrected chi connectivity index (χ1v) is 9.91. The van der Waals surface area contributed by atoms with Crippen LogP contribution in [0.4, 0.5) is 10.5 Å². The molecular formula is C24H19N3O5. The van der Waals surface area contributed by atoms with Crippen LogP contribution in [0.25, 0.3) is 11.8 Å². The fraction of sp³-hybridized carbons (Fsp3) is 0.0833. The van der Waals surface area contributed by atoms with Gasteiger partial charge in [-0.2, -0.15) is 0 Å². The fourth-order valence-corrected chi connectivity index (χ4v) is 3.56. The average Bonchev–Trinajstić information content (AvgIpc) is 3.25. The van der Waals surface area contributed by atoms with Gasteiger partial charge in [-0.25, -0.2) is 14.5 Å².